The lowest BCUT2D eigenvalue weighted by molar-refractivity contribution is -0.121. The first kappa shape index (κ1) is 17.0. The summed E-state index contributed by atoms with van der Waals surface area (Å²) >= 11 is 0. The lowest BCUT2D eigenvalue weighted by Crippen LogP contribution is -2.19. The Kier molecular flexibility index (Phi) is 15.3. The van der Waals surface area contributed by atoms with Gasteiger partial charge >= 0.3 is 0 Å². The van der Waals surface area contributed by atoms with Crippen LogP contribution in [0.3, 0.4) is 0 Å². The molecule has 0 saturated carbocycles. The van der Waals surface area contributed by atoms with E-state index in [1.54, 1.807) is 0 Å². The number of carbonyl (C=O) groups excluding carboxylic acids is 1. The van der Waals surface area contributed by atoms with Crippen LogP contribution in [0.4, 0.5) is 0 Å². The van der Waals surface area contributed by atoms with Gasteiger partial charge in [0.2, 0.25) is 0 Å². The molecular formula is C11H25NO3. The average molecular weight is 219 g/mol. The van der Waals surface area contributed by atoms with Crippen molar-refractivity contribution in [1.29, 1.82) is 0 Å². The number of ketones is 1. The molecule has 0 radical (unpaired) electrons. The molecule has 0 fully saturated rings. The summed E-state index contributed by atoms with van der Waals surface area (Å²) in [5.74, 6) is 0.0493. The second-order valence-electron chi connectivity index (χ2n) is 3.17. The van der Waals surface area contributed by atoms with Crippen LogP contribution in [-0.2, 0) is 14.3 Å². The smallest absolute Gasteiger partial charge is 0.155 e. The van der Waals surface area contributed by atoms with Gasteiger partial charge in [-0.25, -0.2) is 0 Å². The Bertz CT molecular complexity index is 138. The van der Waals surface area contributed by atoms with E-state index in [4.69, 9.17) is 9.47 Å². The first-order valence-electron chi connectivity index (χ1n) is 5.42. The molecule has 0 atom stereocenters. The molecule has 0 amide bonds. The Morgan fingerprint density at radius 1 is 1.07 bits per heavy atom. The molecule has 0 aliphatic rings. The van der Waals surface area contributed by atoms with Crippen molar-refractivity contribution in [2.75, 3.05) is 47.1 Å². The maximum atomic E-state index is 10.4. The maximum absolute atomic E-state index is 10.4. The first-order valence-corrected chi connectivity index (χ1v) is 5.42. The third-order valence-corrected chi connectivity index (χ3v) is 1.36. The molecule has 0 aliphatic carbocycles. The van der Waals surface area contributed by atoms with Gasteiger partial charge < -0.3 is 14.4 Å². The molecule has 4 nitrogen and oxygen atoms in total. The Hall–Kier alpha value is -0.450. The monoisotopic (exact) mass is 219 g/mol. The minimum atomic E-state index is 0.0493. The lowest BCUT2D eigenvalue weighted by atomic mass is 10.5. The second kappa shape index (κ2) is 13.5. The van der Waals surface area contributed by atoms with Crippen LogP contribution in [0.15, 0.2) is 0 Å². The molecule has 0 saturated heterocycles. The van der Waals surface area contributed by atoms with Crippen molar-refractivity contribution in [3.8, 4) is 0 Å². The largest absolute Gasteiger partial charge is 0.378 e. The predicted molar refractivity (Wildman–Crippen MR) is 62.2 cm³/mol. The van der Waals surface area contributed by atoms with E-state index < -0.39 is 0 Å². The highest BCUT2D eigenvalue weighted by atomic mass is 16.5. The Morgan fingerprint density at radius 3 is 2.07 bits per heavy atom. The molecule has 0 aromatic carbocycles. The summed E-state index contributed by atoms with van der Waals surface area (Å²) in [6.07, 6.45) is 0. The fourth-order valence-corrected chi connectivity index (χ4v) is 0.683. The van der Waals surface area contributed by atoms with Gasteiger partial charge in [-0.05, 0) is 21.0 Å². The van der Waals surface area contributed by atoms with Crippen molar-refractivity contribution in [1.82, 2.24) is 4.90 Å². The van der Waals surface area contributed by atoms with Crippen LogP contribution in [0, 0.1) is 0 Å². The summed E-state index contributed by atoms with van der Waals surface area (Å²) in [5, 5.41) is 0. The molecule has 0 N–H and O–H groups in total. The van der Waals surface area contributed by atoms with E-state index in [0.717, 1.165) is 6.54 Å². The molecule has 4 heteroatoms. The highest BCUT2D eigenvalue weighted by molar-refractivity contribution is 5.76. The van der Waals surface area contributed by atoms with E-state index in [9.17, 15) is 4.79 Å². The third-order valence-electron chi connectivity index (χ3n) is 1.36. The summed E-state index contributed by atoms with van der Waals surface area (Å²) in [6.45, 7) is 8.36. The van der Waals surface area contributed by atoms with Crippen molar-refractivity contribution in [3.05, 3.63) is 0 Å². The number of carbonyl (C=O) groups is 1. The van der Waals surface area contributed by atoms with Crippen LogP contribution in [0.25, 0.3) is 0 Å². The van der Waals surface area contributed by atoms with Crippen molar-refractivity contribution >= 4 is 5.78 Å². The first-order chi connectivity index (χ1) is 7.13. The van der Waals surface area contributed by atoms with Gasteiger partial charge in [0.1, 0.15) is 6.61 Å². The average Bonchev–Trinajstić information content (AvgIpc) is 2.18. The van der Waals surface area contributed by atoms with Crippen molar-refractivity contribution in [2.24, 2.45) is 0 Å². The Morgan fingerprint density at radius 2 is 1.60 bits per heavy atom. The number of hydrogen-bond donors (Lipinski definition) is 0. The minimum Gasteiger partial charge on any atom is -0.378 e. The van der Waals surface area contributed by atoms with E-state index in [2.05, 4.69) is 4.90 Å². The summed E-state index contributed by atoms with van der Waals surface area (Å²) < 4.78 is 10.3. The SMILES string of the molecule is CC.CC(=O)COCCOCCN(C)C. The summed E-state index contributed by atoms with van der Waals surface area (Å²) in [6, 6.07) is 0. The summed E-state index contributed by atoms with van der Waals surface area (Å²) in [7, 11) is 3.99. The number of hydrogen-bond acceptors (Lipinski definition) is 4. The minimum absolute atomic E-state index is 0.0493. The molecule has 0 aliphatic heterocycles. The van der Waals surface area contributed by atoms with Crippen LogP contribution >= 0.6 is 0 Å². The van der Waals surface area contributed by atoms with Gasteiger partial charge in [-0.2, -0.15) is 0 Å². The van der Waals surface area contributed by atoms with Gasteiger partial charge in [-0.1, -0.05) is 13.8 Å². The Balaban J connectivity index is 0. The van der Waals surface area contributed by atoms with Crippen molar-refractivity contribution < 1.29 is 14.3 Å². The van der Waals surface area contributed by atoms with Crippen LogP contribution < -0.4 is 0 Å². The molecule has 0 rings (SSSR count). The van der Waals surface area contributed by atoms with Gasteiger partial charge in [0.05, 0.1) is 19.8 Å². The molecule has 0 aromatic heterocycles. The molecule has 15 heavy (non-hydrogen) atoms. The Labute approximate surface area is 93.5 Å². The standard InChI is InChI=1S/C9H19NO3.C2H6/c1-9(11)8-13-7-6-12-5-4-10(2)3;1-2/h4-8H2,1-3H3;1-2H3. The van der Waals surface area contributed by atoms with Gasteiger partial charge in [-0.3, -0.25) is 4.79 Å². The van der Waals surface area contributed by atoms with Crippen LogP contribution in [-0.4, -0.2) is 57.8 Å². The topological polar surface area (TPSA) is 38.8 Å². The zero-order valence-electron chi connectivity index (χ0n) is 10.7. The normalized spacial score (nSPS) is 9.73. The van der Waals surface area contributed by atoms with E-state index in [1.807, 2.05) is 27.9 Å². The van der Waals surface area contributed by atoms with Gasteiger partial charge in [0.15, 0.2) is 5.78 Å². The van der Waals surface area contributed by atoms with Gasteiger partial charge in [-0.15, -0.1) is 0 Å². The summed E-state index contributed by atoms with van der Waals surface area (Å²) in [5.41, 5.74) is 0. The third kappa shape index (κ3) is 19.8. The van der Waals surface area contributed by atoms with Crippen LogP contribution in [0.2, 0.25) is 0 Å². The van der Waals surface area contributed by atoms with Gasteiger partial charge in [0.25, 0.3) is 0 Å². The summed E-state index contributed by atoms with van der Waals surface area (Å²) in [4.78, 5) is 12.5. The van der Waals surface area contributed by atoms with Crippen molar-refractivity contribution in [2.45, 2.75) is 20.8 Å². The highest BCUT2D eigenvalue weighted by Crippen LogP contribution is 1.81. The van der Waals surface area contributed by atoms with Crippen molar-refractivity contribution in [3.63, 3.8) is 0 Å². The fourth-order valence-electron chi connectivity index (χ4n) is 0.683. The van der Waals surface area contributed by atoms with E-state index in [1.165, 1.54) is 6.92 Å². The van der Waals surface area contributed by atoms with E-state index in [-0.39, 0.29) is 12.4 Å². The van der Waals surface area contributed by atoms with Crippen LogP contribution in [0.5, 0.6) is 0 Å². The maximum Gasteiger partial charge on any atom is 0.155 e. The molecule has 0 aromatic rings. The lowest BCUT2D eigenvalue weighted by Gasteiger charge is -2.09. The fraction of sp³-hybridized carbons (Fsp3) is 0.909. The molecule has 0 spiro atoms. The second-order valence-corrected chi connectivity index (χ2v) is 3.17. The quantitative estimate of drug-likeness (QED) is 0.575. The molecule has 92 valence electrons. The zero-order valence-corrected chi connectivity index (χ0v) is 10.7. The number of ether oxygens (including phenoxy) is 2. The molecule has 0 unspecified atom stereocenters. The molecular weight excluding hydrogens is 194 g/mol. The zero-order chi connectivity index (χ0) is 12.1. The van der Waals surface area contributed by atoms with E-state index >= 15 is 0 Å². The number of rotatable bonds is 8. The number of likely N-dealkylation sites (N-methyl/N-ethyl adjacent to an activating group) is 1. The van der Waals surface area contributed by atoms with E-state index in [0.29, 0.717) is 19.8 Å². The molecule has 0 heterocycles. The highest BCUT2D eigenvalue weighted by Gasteiger charge is 1.93. The molecule has 0 bridgehead atoms. The van der Waals surface area contributed by atoms with Crippen LogP contribution in [0.1, 0.15) is 20.8 Å². The number of nitrogens with zero attached hydrogens (tertiary/aromatic N) is 1. The predicted octanol–water partition coefficient (Wildman–Crippen LogP) is 1.20. The number of Topliss-reactive ketones (excluding diaryl/α,β-unsaturated/α-hetero) is 1. The van der Waals surface area contributed by atoms with Gasteiger partial charge in [0, 0.05) is 6.54 Å².